The van der Waals surface area contributed by atoms with Gasteiger partial charge >= 0.3 is 0 Å². The molecule has 0 aliphatic rings. The molecule has 1 rings (SSSR count). The summed E-state index contributed by atoms with van der Waals surface area (Å²) >= 11 is 0. The first-order valence-corrected chi connectivity index (χ1v) is 5.84. The fourth-order valence-electron chi connectivity index (χ4n) is 1.44. The summed E-state index contributed by atoms with van der Waals surface area (Å²) < 4.78 is 18.9. The van der Waals surface area contributed by atoms with Gasteiger partial charge in [0.2, 0.25) is 0 Å². The summed E-state index contributed by atoms with van der Waals surface area (Å²) in [5, 5.41) is 0. The summed E-state index contributed by atoms with van der Waals surface area (Å²) in [5.41, 5.74) is 5.76. The van der Waals surface area contributed by atoms with Crippen LogP contribution in [0, 0.1) is 5.82 Å². The number of benzene rings is 1. The van der Waals surface area contributed by atoms with Crippen molar-refractivity contribution in [3.63, 3.8) is 0 Å². The number of halogens is 1. The van der Waals surface area contributed by atoms with Crippen LogP contribution in [-0.4, -0.2) is 37.1 Å². The van der Waals surface area contributed by atoms with Crippen LogP contribution in [0.25, 0.3) is 0 Å². The number of anilines is 1. The van der Waals surface area contributed by atoms with Gasteiger partial charge in [-0.2, -0.15) is 0 Å². The minimum absolute atomic E-state index is 0.0243. The molecule has 0 unspecified atom stereocenters. The molecule has 1 aromatic carbocycles. The highest BCUT2D eigenvalue weighted by Gasteiger charge is 2.16. The Morgan fingerprint density at radius 1 is 1.50 bits per heavy atom. The van der Waals surface area contributed by atoms with E-state index < -0.39 is 5.82 Å². The van der Waals surface area contributed by atoms with Gasteiger partial charge in [0.05, 0.1) is 18.3 Å². The standard InChI is InChI=1S/C13H19FN2O2/c1-9(2)18-7-6-16(3)13(17)11-5-4-10(15)8-12(11)14/h4-5,8-9H,6-7,15H2,1-3H3. The number of carbonyl (C=O) groups excluding carboxylic acids is 1. The van der Waals surface area contributed by atoms with Gasteiger partial charge in [0.15, 0.2) is 0 Å². The number of hydrogen-bond donors (Lipinski definition) is 1. The highest BCUT2D eigenvalue weighted by Crippen LogP contribution is 2.13. The summed E-state index contributed by atoms with van der Waals surface area (Å²) in [7, 11) is 1.61. The van der Waals surface area contributed by atoms with Gasteiger partial charge in [0.25, 0.3) is 5.91 Å². The topological polar surface area (TPSA) is 55.6 Å². The van der Waals surface area contributed by atoms with Crippen LogP contribution in [0.3, 0.4) is 0 Å². The Hall–Kier alpha value is -1.62. The zero-order chi connectivity index (χ0) is 13.7. The smallest absolute Gasteiger partial charge is 0.256 e. The van der Waals surface area contributed by atoms with Gasteiger partial charge in [0, 0.05) is 19.3 Å². The highest BCUT2D eigenvalue weighted by molar-refractivity contribution is 5.94. The molecule has 1 aromatic rings. The molecule has 0 saturated carbocycles. The lowest BCUT2D eigenvalue weighted by molar-refractivity contribution is 0.0529. The van der Waals surface area contributed by atoms with E-state index in [4.69, 9.17) is 10.5 Å². The molecular formula is C13H19FN2O2. The fraction of sp³-hybridized carbons (Fsp3) is 0.462. The van der Waals surface area contributed by atoms with E-state index in [1.54, 1.807) is 7.05 Å². The molecule has 0 saturated heterocycles. The number of hydrogen-bond acceptors (Lipinski definition) is 3. The largest absolute Gasteiger partial charge is 0.399 e. The zero-order valence-corrected chi connectivity index (χ0v) is 10.9. The summed E-state index contributed by atoms with van der Waals surface area (Å²) in [4.78, 5) is 13.4. The van der Waals surface area contributed by atoms with E-state index in [2.05, 4.69) is 0 Å². The van der Waals surface area contributed by atoms with Crippen molar-refractivity contribution >= 4 is 11.6 Å². The number of nitrogens with two attached hydrogens (primary N) is 1. The summed E-state index contributed by atoms with van der Waals surface area (Å²) in [5.74, 6) is -0.975. The lowest BCUT2D eigenvalue weighted by atomic mass is 10.1. The van der Waals surface area contributed by atoms with Crippen molar-refractivity contribution < 1.29 is 13.9 Å². The van der Waals surface area contributed by atoms with Crippen molar-refractivity contribution in [1.82, 2.24) is 4.90 Å². The average molecular weight is 254 g/mol. The Labute approximate surface area is 107 Å². The van der Waals surface area contributed by atoms with Gasteiger partial charge in [-0.05, 0) is 32.0 Å². The van der Waals surface area contributed by atoms with E-state index in [-0.39, 0.29) is 17.6 Å². The molecule has 2 N–H and O–H groups in total. The monoisotopic (exact) mass is 254 g/mol. The lowest BCUT2D eigenvalue weighted by Crippen LogP contribution is -2.31. The summed E-state index contributed by atoms with van der Waals surface area (Å²) in [6, 6.07) is 4.05. The van der Waals surface area contributed by atoms with E-state index in [1.807, 2.05) is 13.8 Å². The van der Waals surface area contributed by atoms with Crippen molar-refractivity contribution in [2.75, 3.05) is 25.9 Å². The molecule has 5 heteroatoms. The number of nitrogens with zero attached hydrogens (tertiary/aromatic N) is 1. The van der Waals surface area contributed by atoms with Crippen molar-refractivity contribution in [1.29, 1.82) is 0 Å². The SMILES string of the molecule is CC(C)OCCN(C)C(=O)c1ccc(N)cc1F. The van der Waals surface area contributed by atoms with E-state index in [1.165, 1.54) is 17.0 Å². The third-order valence-corrected chi connectivity index (χ3v) is 2.45. The minimum Gasteiger partial charge on any atom is -0.399 e. The fourth-order valence-corrected chi connectivity index (χ4v) is 1.44. The Morgan fingerprint density at radius 3 is 2.72 bits per heavy atom. The van der Waals surface area contributed by atoms with Crippen LogP contribution in [-0.2, 0) is 4.74 Å². The van der Waals surface area contributed by atoms with E-state index in [9.17, 15) is 9.18 Å². The second-order valence-corrected chi connectivity index (χ2v) is 4.39. The second kappa shape index (κ2) is 6.35. The van der Waals surface area contributed by atoms with Crippen LogP contribution in [0.1, 0.15) is 24.2 Å². The molecule has 0 radical (unpaired) electrons. The molecule has 0 atom stereocenters. The molecule has 4 nitrogen and oxygen atoms in total. The first-order chi connectivity index (χ1) is 8.41. The minimum atomic E-state index is -0.600. The van der Waals surface area contributed by atoms with Gasteiger partial charge in [0.1, 0.15) is 5.82 Å². The Morgan fingerprint density at radius 2 is 2.17 bits per heavy atom. The van der Waals surface area contributed by atoms with Crippen LogP contribution in [0.15, 0.2) is 18.2 Å². The molecule has 0 fully saturated rings. The third kappa shape index (κ3) is 4.00. The second-order valence-electron chi connectivity index (χ2n) is 4.39. The molecule has 0 heterocycles. The maximum Gasteiger partial charge on any atom is 0.256 e. The van der Waals surface area contributed by atoms with E-state index >= 15 is 0 Å². The molecular weight excluding hydrogens is 235 g/mol. The molecule has 0 aliphatic heterocycles. The van der Waals surface area contributed by atoms with Gasteiger partial charge in [-0.25, -0.2) is 4.39 Å². The Bertz CT molecular complexity index is 421. The summed E-state index contributed by atoms with van der Waals surface area (Å²) in [6.45, 7) is 4.68. The van der Waals surface area contributed by atoms with Crippen molar-refractivity contribution in [2.24, 2.45) is 0 Å². The number of carbonyl (C=O) groups is 1. The van der Waals surface area contributed by atoms with Crippen molar-refractivity contribution in [3.8, 4) is 0 Å². The number of nitrogen functional groups attached to an aromatic ring is 1. The maximum absolute atomic E-state index is 13.6. The van der Waals surface area contributed by atoms with Gasteiger partial charge < -0.3 is 15.4 Å². The summed E-state index contributed by atoms with van der Waals surface area (Å²) in [6.07, 6.45) is 0.113. The van der Waals surface area contributed by atoms with Crippen LogP contribution < -0.4 is 5.73 Å². The van der Waals surface area contributed by atoms with Crippen LogP contribution in [0.5, 0.6) is 0 Å². The molecule has 0 spiro atoms. The van der Waals surface area contributed by atoms with Crippen LogP contribution >= 0.6 is 0 Å². The quantitative estimate of drug-likeness (QED) is 0.816. The molecule has 0 aromatic heterocycles. The van der Waals surface area contributed by atoms with E-state index in [0.29, 0.717) is 18.8 Å². The van der Waals surface area contributed by atoms with E-state index in [0.717, 1.165) is 6.07 Å². The predicted molar refractivity (Wildman–Crippen MR) is 68.9 cm³/mol. The van der Waals surface area contributed by atoms with Crippen LogP contribution in [0.2, 0.25) is 0 Å². The van der Waals surface area contributed by atoms with Crippen molar-refractivity contribution in [3.05, 3.63) is 29.6 Å². The number of amides is 1. The zero-order valence-electron chi connectivity index (χ0n) is 10.9. The average Bonchev–Trinajstić information content (AvgIpc) is 2.27. The predicted octanol–water partition coefficient (Wildman–Crippen LogP) is 1.90. The highest BCUT2D eigenvalue weighted by atomic mass is 19.1. The molecule has 100 valence electrons. The van der Waals surface area contributed by atoms with Gasteiger partial charge in [-0.3, -0.25) is 4.79 Å². The van der Waals surface area contributed by atoms with Gasteiger partial charge in [-0.15, -0.1) is 0 Å². The molecule has 0 bridgehead atoms. The third-order valence-electron chi connectivity index (χ3n) is 2.45. The number of likely N-dealkylation sites (N-methyl/N-ethyl adjacent to an activating group) is 1. The first kappa shape index (κ1) is 14.4. The van der Waals surface area contributed by atoms with Crippen molar-refractivity contribution in [2.45, 2.75) is 20.0 Å². The number of ether oxygens (including phenoxy) is 1. The number of rotatable bonds is 5. The Kier molecular flexibility index (Phi) is 5.09. The maximum atomic E-state index is 13.6. The molecule has 18 heavy (non-hydrogen) atoms. The van der Waals surface area contributed by atoms with Gasteiger partial charge in [-0.1, -0.05) is 0 Å². The first-order valence-electron chi connectivity index (χ1n) is 5.84. The van der Waals surface area contributed by atoms with Crippen LogP contribution in [0.4, 0.5) is 10.1 Å². The lowest BCUT2D eigenvalue weighted by Gasteiger charge is -2.18. The Balaban J connectivity index is 2.63. The normalized spacial score (nSPS) is 10.7. The molecule has 0 aliphatic carbocycles. The molecule has 1 amide bonds.